The lowest BCUT2D eigenvalue weighted by Gasteiger charge is -2.00. The fourth-order valence-corrected chi connectivity index (χ4v) is 4.60. The van der Waals surface area contributed by atoms with Gasteiger partial charge in [-0.05, 0) is 43.7 Å². The number of amides is 1. The Bertz CT molecular complexity index is 904. The molecule has 0 aliphatic carbocycles. The molecule has 22 heavy (non-hydrogen) atoms. The summed E-state index contributed by atoms with van der Waals surface area (Å²) in [6.45, 7) is 4.92. The van der Waals surface area contributed by atoms with E-state index in [1.165, 1.54) is 16.9 Å². The molecule has 0 radical (unpaired) electrons. The van der Waals surface area contributed by atoms with Crippen LogP contribution >= 0.6 is 34.3 Å². The Balaban J connectivity index is 1.99. The van der Waals surface area contributed by atoms with E-state index < -0.39 is 0 Å². The summed E-state index contributed by atoms with van der Waals surface area (Å²) in [5.74, 6) is -0.135. The van der Waals surface area contributed by atoms with E-state index in [9.17, 15) is 4.79 Å². The highest BCUT2D eigenvalue weighted by Crippen LogP contribution is 2.22. The maximum absolute atomic E-state index is 12.2. The summed E-state index contributed by atoms with van der Waals surface area (Å²) in [5.41, 5.74) is 2.34. The number of halogens is 1. The number of carbonyl (C=O) groups excluding carboxylic acids is 1. The lowest BCUT2D eigenvalue weighted by Crippen LogP contribution is -2.16. The van der Waals surface area contributed by atoms with Gasteiger partial charge in [0, 0.05) is 11.4 Å². The topological polar surface area (TPSA) is 34.4 Å². The number of hydrogen-bond donors (Lipinski definition) is 0. The second kappa shape index (κ2) is 6.36. The van der Waals surface area contributed by atoms with Crippen LogP contribution in [0.15, 0.2) is 35.3 Å². The van der Waals surface area contributed by atoms with Crippen molar-refractivity contribution in [3.05, 3.63) is 49.9 Å². The van der Waals surface area contributed by atoms with Gasteiger partial charge in [0.1, 0.15) is 0 Å². The molecule has 0 saturated heterocycles. The molecular formula is C16H15ClN2OS2. The van der Waals surface area contributed by atoms with Crippen molar-refractivity contribution >= 4 is 50.4 Å². The van der Waals surface area contributed by atoms with Gasteiger partial charge in [0.05, 0.1) is 21.0 Å². The third-order valence-electron chi connectivity index (χ3n) is 3.33. The summed E-state index contributed by atoms with van der Waals surface area (Å²) in [5, 5.41) is 0. The van der Waals surface area contributed by atoms with E-state index >= 15 is 0 Å². The zero-order valence-corrected chi connectivity index (χ0v) is 14.7. The molecule has 0 N–H and O–H groups in total. The van der Waals surface area contributed by atoms with Gasteiger partial charge in [0.15, 0.2) is 4.80 Å². The lowest BCUT2D eigenvalue weighted by atomic mass is 10.2. The van der Waals surface area contributed by atoms with E-state index in [0.717, 1.165) is 26.4 Å². The number of benzene rings is 1. The average Bonchev–Trinajstić information content (AvgIpc) is 3.01. The zero-order chi connectivity index (χ0) is 15.7. The molecule has 2 heterocycles. The molecule has 6 heteroatoms. The molecule has 1 amide bonds. The standard InChI is InChI=1S/C16H15ClN2OS2/c1-3-19-12-6-4-10(2)8-13(12)22-16(19)18-15(20)9-11-5-7-14(17)21-11/h4-8H,3,9H2,1-2H3. The number of fused-ring (bicyclic) bond motifs is 1. The van der Waals surface area contributed by atoms with Crippen LogP contribution < -0.4 is 4.80 Å². The number of rotatable bonds is 3. The number of thiazole rings is 1. The van der Waals surface area contributed by atoms with Gasteiger partial charge in [-0.15, -0.1) is 11.3 Å². The average molecular weight is 351 g/mol. The van der Waals surface area contributed by atoms with E-state index in [1.54, 1.807) is 11.3 Å². The van der Waals surface area contributed by atoms with Crippen molar-refractivity contribution < 1.29 is 4.79 Å². The molecule has 0 unspecified atom stereocenters. The maximum atomic E-state index is 12.2. The van der Waals surface area contributed by atoms with Crippen LogP contribution in [0.5, 0.6) is 0 Å². The van der Waals surface area contributed by atoms with Gasteiger partial charge in [-0.25, -0.2) is 0 Å². The zero-order valence-electron chi connectivity index (χ0n) is 12.3. The molecule has 3 nitrogen and oxygen atoms in total. The van der Waals surface area contributed by atoms with Crippen LogP contribution in [0.25, 0.3) is 10.2 Å². The monoisotopic (exact) mass is 350 g/mol. The summed E-state index contributed by atoms with van der Waals surface area (Å²) in [6, 6.07) is 9.99. The van der Waals surface area contributed by atoms with Crippen LogP contribution in [0.2, 0.25) is 4.34 Å². The molecular weight excluding hydrogens is 336 g/mol. The SMILES string of the molecule is CCn1c(=NC(=O)Cc2ccc(Cl)s2)sc2cc(C)ccc21. The van der Waals surface area contributed by atoms with Gasteiger partial charge in [-0.1, -0.05) is 29.0 Å². The maximum Gasteiger partial charge on any atom is 0.253 e. The summed E-state index contributed by atoms with van der Waals surface area (Å²) in [4.78, 5) is 18.2. The first-order valence-electron chi connectivity index (χ1n) is 6.98. The van der Waals surface area contributed by atoms with Gasteiger partial charge in [0.25, 0.3) is 5.91 Å². The molecule has 0 spiro atoms. The van der Waals surface area contributed by atoms with E-state index in [4.69, 9.17) is 11.6 Å². The van der Waals surface area contributed by atoms with Crippen LogP contribution in [0.4, 0.5) is 0 Å². The fourth-order valence-electron chi connectivity index (χ4n) is 2.31. The Morgan fingerprint density at radius 2 is 2.09 bits per heavy atom. The summed E-state index contributed by atoms with van der Waals surface area (Å²) >= 11 is 8.88. The van der Waals surface area contributed by atoms with Gasteiger partial charge in [-0.3, -0.25) is 4.79 Å². The number of hydrogen-bond acceptors (Lipinski definition) is 3. The van der Waals surface area contributed by atoms with Gasteiger partial charge < -0.3 is 4.57 Å². The van der Waals surface area contributed by atoms with E-state index in [0.29, 0.717) is 10.8 Å². The number of carbonyl (C=O) groups is 1. The third kappa shape index (κ3) is 3.16. The Labute approximate surface area is 141 Å². The summed E-state index contributed by atoms with van der Waals surface area (Å²) < 4.78 is 3.94. The Hall–Kier alpha value is -1.43. The van der Waals surface area contributed by atoms with Crippen molar-refractivity contribution in [3.8, 4) is 0 Å². The minimum Gasteiger partial charge on any atom is -0.317 e. The Kier molecular flexibility index (Phi) is 4.47. The minimum absolute atomic E-state index is 0.135. The van der Waals surface area contributed by atoms with Crippen molar-refractivity contribution in [2.24, 2.45) is 4.99 Å². The van der Waals surface area contributed by atoms with Crippen LogP contribution in [-0.2, 0) is 17.8 Å². The predicted molar refractivity (Wildman–Crippen MR) is 93.8 cm³/mol. The van der Waals surface area contributed by atoms with Gasteiger partial charge in [0.2, 0.25) is 0 Å². The Morgan fingerprint density at radius 1 is 1.27 bits per heavy atom. The highest BCUT2D eigenvalue weighted by atomic mass is 35.5. The number of aromatic nitrogens is 1. The largest absolute Gasteiger partial charge is 0.317 e. The van der Waals surface area contributed by atoms with Gasteiger partial charge >= 0.3 is 0 Å². The van der Waals surface area contributed by atoms with Crippen LogP contribution in [0, 0.1) is 6.92 Å². The molecule has 3 rings (SSSR count). The normalized spacial score (nSPS) is 12.2. The molecule has 1 aromatic carbocycles. The van der Waals surface area contributed by atoms with Crippen molar-refractivity contribution in [1.82, 2.24) is 4.57 Å². The second-order valence-corrected chi connectivity index (χ2v) is 7.80. The highest BCUT2D eigenvalue weighted by molar-refractivity contribution is 7.16. The summed E-state index contributed by atoms with van der Waals surface area (Å²) in [7, 11) is 0. The van der Waals surface area contributed by atoms with Gasteiger partial charge in [-0.2, -0.15) is 4.99 Å². The molecule has 0 atom stereocenters. The number of nitrogens with zero attached hydrogens (tertiary/aromatic N) is 2. The highest BCUT2D eigenvalue weighted by Gasteiger charge is 2.08. The quantitative estimate of drug-likeness (QED) is 0.688. The number of thiophene rings is 1. The predicted octanol–water partition coefficient (Wildman–Crippen LogP) is 4.42. The van der Waals surface area contributed by atoms with E-state index in [2.05, 4.69) is 41.6 Å². The van der Waals surface area contributed by atoms with Crippen molar-refractivity contribution in [3.63, 3.8) is 0 Å². The first kappa shape index (κ1) is 15.5. The van der Waals surface area contributed by atoms with Crippen molar-refractivity contribution in [2.75, 3.05) is 0 Å². The van der Waals surface area contributed by atoms with Crippen LogP contribution in [0.1, 0.15) is 17.4 Å². The first-order valence-corrected chi connectivity index (χ1v) is 8.99. The molecule has 2 aromatic heterocycles. The van der Waals surface area contributed by atoms with Crippen LogP contribution in [-0.4, -0.2) is 10.5 Å². The molecule has 3 aromatic rings. The first-order chi connectivity index (χ1) is 10.6. The third-order valence-corrected chi connectivity index (χ3v) is 5.60. The minimum atomic E-state index is -0.135. The Morgan fingerprint density at radius 3 is 2.77 bits per heavy atom. The van der Waals surface area contributed by atoms with Crippen LogP contribution in [0.3, 0.4) is 0 Å². The molecule has 0 bridgehead atoms. The smallest absolute Gasteiger partial charge is 0.253 e. The van der Waals surface area contributed by atoms with Crippen molar-refractivity contribution in [1.29, 1.82) is 0 Å². The molecule has 0 fully saturated rings. The van der Waals surface area contributed by atoms with E-state index in [1.807, 2.05) is 12.1 Å². The lowest BCUT2D eigenvalue weighted by molar-refractivity contribution is -0.117. The second-order valence-electron chi connectivity index (χ2n) is 4.99. The van der Waals surface area contributed by atoms with E-state index in [-0.39, 0.29) is 5.91 Å². The number of aryl methyl sites for hydroxylation is 2. The molecule has 0 aliphatic rings. The van der Waals surface area contributed by atoms with Crippen molar-refractivity contribution in [2.45, 2.75) is 26.8 Å². The molecule has 0 saturated carbocycles. The summed E-state index contributed by atoms with van der Waals surface area (Å²) in [6.07, 6.45) is 0.300. The molecule has 114 valence electrons. The fraction of sp³-hybridized carbons (Fsp3) is 0.250. The molecule has 0 aliphatic heterocycles.